The SMILES string of the molecule is CC1=C(C(=O)Nc2ccccc2CC(C)C)SCCO1. The fraction of sp³-hybridized carbons (Fsp3) is 0.438. The Labute approximate surface area is 124 Å². The van der Waals surface area contributed by atoms with Gasteiger partial charge < -0.3 is 10.1 Å². The average molecular weight is 291 g/mol. The van der Waals surface area contributed by atoms with Crippen molar-refractivity contribution >= 4 is 23.4 Å². The summed E-state index contributed by atoms with van der Waals surface area (Å²) < 4.78 is 5.44. The van der Waals surface area contributed by atoms with Gasteiger partial charge >= 0.3 is 0 Å². The molecular formula is C16H21NO2S. The summed E-state index contributed by atoms with van der Waals surface area (Å²) in [6.07, 6.45) is 0.956. The van der Waals surface area contributed by atoms with E-state index in [2.05, 4.69) is 25.2 Å². The summed E-state index contributed by atoms with van der Waals surface area (Å²) in [5.41, 5.74) is 2.08. The molecule has 1 aromatic rings. The maximum atomic E-state index is 12.3. The lowest BCUT2D eigenvalue weighted by Crippen LogP contribution is -2.19. The molecule has 1 amide bonds. The molecule has 3 nitrogen and oxygen atoms in total. The monoisotopic (exact) mass is 291 g/mol. The molecule has 0 radical (unpaired) electrons. The lowest BCUT2D eigenvalue weighted by atomic mass is 10.0. The normalized spacial score (nSPS) is 15.2. The standard InChI is InChI=1S/C16H21NO2S/c1-11(2)10-13-6-4-5-7-14(13)17-16(18)15-12(3)19-8-9-20-15/h4-7,11H,8-10H2,1-3H3,(H,17,18). The second kappa shape index (κ2) is 6.84. The largest absolute Gasteiger partial charge is 0.496 e. The van der Waals surface area contributed by atoms with Gasteiger partial charge in [-0.05, 0) is 30.9 Å². The third-order valence-electron chi connectivity index (χ3n) is 3.07. The van der Waals surface area contributed by atoms with E-state index in [-0.39, 0.29) is 5.91 Å². The molecule has 0 fully saturated rings. The number of hydrogen-bond donors (Lipinski definition) is 1. The molecule has 1 heterocycles. The highest BCUT2D eigenvalue weighted by Crippen LogP contribution is 2.27. The number of benzene rings is 1. The van der Waals surface area contributed by atoms with Crippen LogP contribution in [0.2, 0.25) is 0 Å². The van der Waals surface area contributed by atoms with Crippen LogP contribution in [-0.4, -0.2) is 18.3 Å². The molecular weight excluding hydrogens is 270 g/mol. The molecule has 20 heavy (non-hydrogen) atoms. The van der Waals surface area contributed by atoms with E-state index in [4.69, 9.17) is 4.74 Å². The summed E-state index contributed by atoms with van der Waals surface area (Å²) in [5, 5.41) is 3.02. The Kier molecular flexibility index (Phi) is 5.12. The molecule has 1 N–H and O–H groups in total. The van der Waals surface area contributed by atoms with Crippen LogP contribution in [-0.2, 0) is 16.0 Å². The van der Waals surface area contributed by atoms with E-state index < -0.39 is 0 Å². The lowest BCUT2D eigenvalue weighted by molar-refractivity contribution is -0.112. The third kappa shape index (κ3) is 3.79. The number of ether oxygens (including phenoxy) is 1. The molecule has 0 aliphatic carbocycles. The van der Waals surface area contributed by atoms with Crippen LogP contribution in [0.3, 0.4) is 0 Å². The van der Waals surface area contributed by atoms with Crippen LogP contribution in [0.1, 0.15) is 26.3 Å². The van der Waals surface area contributed by atoms with Crippen molar-refractivity contribution in [2.24, 2.45) is 5.92 Å². The molecule has 0 atom stereocenters. The number of allylic oxidation sites excluding steroid dienone is 1. The van der Waals surface area contributed by atoms with Gasteiger partial charge in [0.25, 0.3) is 5.91 Å². The average Bonchev–Trinajstić information content (AvgIpc) is 2.41. The number of nitrogens with one attached hydrogen (secondary N) is 1. The van der Waals surface area contributed by atoms with Crippen molar-refractivity contribution in [2.45, 2.75) is 27.2 Å². The summed E-state index contributed by atoms with van der Waals surface area (Å²) in [4.78, 5) is 13.0. The molecule has 1 aliphatic rings. The fourth-order valence-corrected chi connectivity index (χ4v) is 2.99. The number of anilines is 1. The molecule has 1 aliphatic heterocycles. The van der Waals surface area contributed by atoms with E-state index in [1.54, 1.807) is 11.8 Å². The fourth-order valence-electron chi connectivity index (χ4n) is 2.17. The zero-order chi connectivity index (χ0) is 14.5. The van der Waals surface area contributed by atoms with Crippen LogP contribution in [0.15, 0.2) is 34.9 Å². The second-order valence-electron chi connectivity index (χ2n) is 5.29. The lowest BCUT2D eigenvalue weighted by Gasteiger charge is -2.19. The molecule has 0 bridgehead atoms. The van der Waals surface area contributed by atoms with Crippen molar-refractivity contribution < 1.29 is 9.53 Å². The Hall–Kier alpha value is -1.42. The van der Waals surface area contributed by atoms with Gasteiger partial charge in [0.05, 0.1) is 6.61 Å². The minimum absolute atomic E-state index is 0.0663. The van der Waals surface area contributed by atoms with Crippen LogP contribution in [0, 0.1) is 5.92 Å². The van der Waals surface area contributed by atoms with E-state index in [1.165, 1.54) is 5.56 Å². The molecule has 0 saturated carbocycles. The van der Waals surface area contributed by atoms with Crippen LogP contribution >= 0.6 is 11.8 Å². The maximum Gasteiger partial charge on any atom is 0.265 e. The number of rotatable bonds is 4. The van der Waals surface area contributed by atoms with Crippen LogP contribution in [0.4, 0.5) is 5.69 Å². The molecule has 108 valence electrons. The molecule has 2 rings (SSSR count). The van der Waals surface area contributed by atoms with Crippen molar-refractivity contribution in [3.8, 4) is 0 Å². The Bertz CT molecular complexity index is 523. The van der Waals surface area contributed by atoms with Gasteiger partial charge in [0.1, 0.15) is 10.7 Å². The second-order valence-corrected chi connectivity index (χ2v) is 6.40. The Morgan fingerprint density at radius 3 is 2.85 bits per heavy atom. The third-order valence-corrected chi connectivity index (χ3v) is 4.20. The summed E-state index contributed by atoms with van der Waals surface area (Å²) in [5.74, 6) is 2.04. The van der Waals surface area contributed by atoms with Gasteiger partial charge in [-0.3, -0.25) is 4.79 Å². The maximum absolute atomic E-state index is 12.3. The van der Waals surface area contributed by atoms with E-state index in [0.29, 0.717) is 17.4 Å². The molecule has 1 aromatic carbocycles. The zero-order valence-corrected chi connectivity index (χ0v) is 13.0. The molecule has 0 spiro atoms. The minimum atomic E-state index is -0.0663. The first kappa shape index (κ1) is 15.0. The number of carbonyl (C=O) groups is 1. The summed E-state index contributed by atoms with van der Waals surface area (Å²) in [6.45, 7) is 6.88. The quantitative estimate of drug-likeness (QED) is 0.916. The van der Waals surface area contributed by atoms with E-state index in [9.17, 15) is 4.79 Å². The van der Waals surface area contributed by atoms with Crippen molar-refractivity contribution in [2.75, 3.05) is 17.7 Å². The number of hydrogen-bond acceptors (Lipinski definition) is 3. The minimum Gasteiger partial charge on any atom is -0.496 e. The highest BCUT2D eigenvalue weighted by molar-refractivity contribution is 8.04. The molecule has 0 saturated heterocycles. The summed E-state index contributed by atoms with van der Waals surface area (Å²) >= 11 is 1.56. The van der Waals surface area contributed by atoms with Gasteiger partial charge in [0.2, 0.25) is 0 Å². The predicted molar refractivity (Wildman–Crippen MR) is 84.7 cm³/mol. The van der Waals surface area contributed by atoms with Gasteiger partial charge in [-0.15, -0.1) is 11.8 Å². The van der Waals surface area contributed by atoms with Crippen LogP contribution in [0.5, 0.6) is 0 Å². The van der Waals surface area contributed by atoms with E-state index in [0.717, 1.165) is 23.6 Å². The van der Waals surface area contributed by atoms with Crippen molar-refractivity contribution in [1.82, 2.24) is 0 Å². The Morgan fingerprint density at radius 1 is 1.40 bits per heavy atom. The Morgan fingerprint density at radius 2 is 2.15 bits per heavy atom. The number of thioether (sulfide) groups is 1. The van der Waals surface area contributed by atoms with Gasteiger partial charge in [0, 0.05) is 11.4 Å². The predicted octanol–water partition coefficient (Wildman–Crippen LogP) is 3.82. The van der Waals surface area contributed by atoms with Gasteiger partial charge in [0.15, 0.2) is 0 Å². The molecule has 4 heteroatoms. The zero-order valence-electron chi connectivity index (χ0n) is 12.2. The smallest absolute Gasteiger partial charge is 0.265 e. The van der Waals surface area contributed by atoms with E-state index in [1.807, 2.05) is 25.1 Å². The van der Waals surface area contributed by atoms with Crippen molar-refractivity contribution in [3.05, 3.63) is 40.5 Å². The molecule has 0 unspecified atom stereocenters. The van der Waals surface area contributed by atoms with Crippen molar-refractivity contribution in [1.29, 1.82) is 0 Å². The van der Waals surface area contributed by atoms with Gasteiger partial charge in [-0.2, -0.15) is 0 Å². The van der Waals surface area contributed by atoms with E-state index >= 15 is 0 Å². The highest BCUT2D eigenvalue weighted by Gasteiger charge is 2.19. The number of carbonyl (C=O) groups excluding carboxylic acids is 1. The van der Waals surface area contributed by atoms with Crippen LogP contribution in [0.25, 0.3) is 0 Å². The number of para-hydroxylation sites is 1. The summed E-state index contributed by atoms with van der Waals surface area (Å²) in [6, 6.07) is 7.99. The van der Waals surface area contributed by atoms with Gasteiger partial charge in [-0.25, -0.2) is 0 Å². The molecule has 0 aromatic heterocycles. The van der Waals surface area contributed by atoms with Gasteiger partial charge in [-0.1, -0.05) is 32.0 Å². The highest BCUT2D eigenvalue weighted by atomic mass is 32.2. The van der Waals surface area contributed by atoms with Crippen molar-refractivity contribution in [3.63, 3.8) is 0 Å². The first-order valence-corrected chi connectivity index (χ1v) is 7.92. The number of amides is 1. The first-order chi connectivity index (χ1) is 9.58. The Balaban J connectivity index is 2.15. The van der Waals surface area contributed by atoms with Crippen LogP contribution < -0.4 is 5.32 Å². The summed E-state index contributed by atoms with van der Waals surface area (Å²) in [7, 11) is 0. The first-order valence-electron chi connectivity index (χ1n) is 6.93. The topological polar surface area (TPSA) is 38.3 Å².